The number of hydrogen-bond donors (Lipinski definition) is 0. The number of aryl methyl sites for hydroxylation is 1. The average molecular weight is 348 g/mol. The Labute approximate surface area is 152 Å². The van der Waals surface area contributed by atoms with E-state index in [4.69, 9.17) is 13.9 Å². The van der Waals surface area contributed by atoms with E-state index < -0.39 is 0 Å². The molecule has 0 radical (unpaired) electrons. The van der Waals surface area contributed by atoms with E-state index in [1.807, 2.05) is 68.5 Å². The lowest BCUT2D eigenvalue weighted by molar-refractivity contribution is -0.120. The molecule has 26 heavy (non-hydrogen) atoms. The van der Waals surface area contributed by atoms with E-state index in [-0.39, 0.29) is 0 Å². The van der Waals surface area contributed by atoms with E-state index in [0.29, 0.717) is 23.7 Å². The van der Waals surface area contributed by atoms with Crippen LogP contribution < -0.4 is 9.47 Å². The van der Waals surface area contributed by atoms with Crippen molar-refractivity contribution < 1.29 is 18.7 Å². The maximum atomic E-state index is 10.9. The molecule has 4 heteroatoms. The molecule has 0 atom stereocenters. The lowest BCUT2D eigenvalue weighted by atomic mass is 10.0. The third-order valence-corrected chi connectivity index (χ3v) is 4.15. The predicted octanol–water partition coefficient (Wildman–Crippen LogP) is 5.25. The molecule has 0 amide bonds. The zero-order chi connectivity index (χ0) is 18.5. The monoisotopic (exact) mass is 348 g/mol. The van der Waals surface area contributed by atoms with Crippen molar-refractivity contribution in [3.63, 3.8) is 0 Å². The standard InChI is InChI=1S/C22H20O4/c1-4-18(19-10-9-17(24-3)13-22(19)25-14-23)21-12-11-20(26-21)16-7-5-15(2)6-8-16/h4-14H,1-3H3/b18-4+. The van der Waals surface area contributed by atoms with Gasteiger partial charge in [0.2, 0.25) is 0 Å². The third-order valence-electron chi connectivity index (χ3n) is 4.15. The van der Waals surface area contributed by atoms with Crippen LogP contribution in [0.15, 0.2) is 65.1 Å². The number of carbonyl (C=O) groups is 1. The van der Waals surface area contributed by atoms with Gasteiger partial charge in [-0.2, -0.15) is 0 Å². The van der Waals surface area contributed by atoms with Gasteiger partial charge in [0.05, 0.1) is 7.11 Å². The molecule has 0 aliphatic carbocycles. The van der Waals surface area contributed by atoms with E-state index in [0.717, 1.165) is 22.5 Å². The summed E-state index contributed by atoms with van der Waals surface area (Å²) in [4.78, 5) is 10.9. The Bertz CT molecular complexity index is 933. The van der Waals surface area contributed by atoms with Crippen molar-refractivity contribution in [1.82, 2.24) is 0 Å². The fourth-order valence-electron chi connectivity index (χ4n) is 2.79. The van der Waals surface area contributed by atoms with Gasteiger partial charge in [-0.15, -0.1) is 0 Å². The van der Waals surface area contributed by atoms with Gasteiger partial charge in [-0.1, -0.05) is 35.9 Å². The highest BCUT2D eigenvalue weighted by Crippen LogP contribution is 2.36. The minimum atomic E-state index is 0.408. The summed E-state index contributed by atoms with van der Waals surface area (Å²) in [5.41, 5.74) is 3.80. The van der Waals surface area contributed by atoms with Crippen LogP contribution in [0.3, 0.4) is 0 Å². The normalized spacial score (nSPS) is 11.3. The van der Waals surface area contributed by atoms with Gasteiger partial charge in [-0.3, -0.25) is 4.79 Å². The molecule has 4 nitrogen and oxygen atoms in total. The zero-order valence-corrected chi connectivity index (χ0v) is 15.0. The SMILES string of the molecule is C/C=C(/c1ccc(-c2ccc(C)cc2)o1)c1ccc(OC)cc1OC=O. The number of rotatable bonds is 6. The predicted molar refractivity (Wildman–Crippen MR) is 101 cm³/mol. The van der Waals surface area contributed by atoms with Crippen LogP contribution in [0.4, 0.5) is 0 Å². The van der Waals surface area contributed by atoms with E-state index >= 15 is 0 Å². The molecule has 0 unspecified atom stereocenters. The van der Waals surface area contributed by atoms with Crippen LogP contribution in [0.1, 0.15) is 23.8 Å². The van der Waals surface area contributed by atoms with Crippen LogP contribution in [0.25, 0.3) is 16.9 Å². The van der Waals surface area contributed by atoms with Crippen LogP contribution in [-0.2, 0) is 4.79 Å². The fourth-order valence-corrected chi connectivity index (χ4v) is 2.79. The van der Waals surface area contributed by atoms with Crippen LogP contribution in [-0.4, -0.2) is 13.6 Å². The summed E-state index contributed by atoms with van der Waals surface area (Å²) in [6.07, 6.45) is 1.93. The van der Waals surface area contributed by atoms with Crippen molar-refractivity contribution in [2.45, 2.75) is 13.8 Å². The van der Waals surface area contributed by atoms with Crippen molar-refractivity contribution in [2.24, 2.45) is 0 Å². The van der Waals surface area contributed by atoms with E-state index in [1.165, 1.54) is 5.56 Å². The van der Waals surface area contributed by atoms with Crippen molar-refractivity contribution in [3.05, 3.63) is 77.6 Å². The van der Waals surface area contributed by atoms with Crippen LogP contribution in [0.5, 0.6) is 11.5 Å². The summed E-state index contributed by atoms with van der Waals surface area (Å²) in [5, 5.41) is 0. The van der Waals surface area contributed by atoms with Gasteiger partial charge in [0.15, 0.2) is 0 Å². The first kappa shape index (κ1) is 17.5. The Balaban J connectivity index is 2.00. The average Bonchev–Trinajstić information content (AvgIpc) is 3.14. The summed E-state index contributed by atoms with van der Waals surface area (Å²) in [6, 6.07) is 17.4. The van der Waals surface area contributed by atoms with Gasteiger partial charge in [0, 0.05) is 22.8 Å². The topological polar surface area (TPSA) is 48.7 Å². The molecule has 0 aliphatic rings. The Morgan fingerprint density at radius 3 is 2.46 bits per heavy atom. The quantitative estimate of drug-likeness (QED) is 0.571. The second kappa shape index (κ2) is 7.74. The van der Waals surface area contributed by atoms with E-state index in [1.54, 1.807) is 13.2 Å². The Morgan fingerprint density at radius 2 is 1.81 bits per heavy atom. The number of furan rings is 1. The molecule has 1 heterocycles. The highest BCUT2D eigenvalue weighted by molar-refractivity contribution is 5.82. The number of methoxy groups -OCH3 is 1. The highest BCUT2D eigenvalue weighted by atomic mass is 16.5. The van der Waals surface area contributed by atoms with Crippen molar-refractivity contribution in [3.8, 4) is 22.8 Å². The lowest BCUT2D eigenvalue weighted by Crippen LogP contribution is -1.96. The second-order valence-corrected chi connectivity index (χ2v) is 5.81. The smallest absolute Gasteiger partial charge is 0.298 e. The number of ether oxygens (including phenoxy) is 2. The second-order valence-electron chi connectivity index (χ2n) is 5.81. The summed E-state index contributed by atoms with van der Waals surface area (Å²) in [5.74, 6) is 2.51. The van der Waals surface area contributed by atoms with Crippen molar-refractivity contribution >= 4 is 12.0 Å². The Hall–Kier alpha value is -3.27. The molecule has 0 bridgehead atoms. The summed E-state index contributed by atoms with van der Waals surface area (Å²) in [6.45, 7) is 4.37. The van der Waals surface area contributed by atoms with Crippen molar-refractivity contribution in [2.75, 3.05) is 7.11 Å². The molecule has 0 spiro atoms. The molecular weight excluding hydrogens is 328 g/mol. The number of carbonyl (C=O) groups excluding carboxylic acids is 1. The van der Waals surface area contributed by atoms with Gasteiger partial charge < -0.3 is 13.9 Å². The van der Waals surface area contributed by atoms with Crippen LogP contribution in [0, 0.1) is 6.92 Å². The summed E-state index contributed by atoms with van der Waals surface area (Å²) < 4.78 is 16.4. The molecule has 0 N–H and O–H groups in total. The minimum absolute atomic E-state index is 0.408. The number of hydrogen-bond acceptors (Lipinski definition) is 4. The van der Waals surface area contributed by atoms with E-state index in [9.17, 15) is 4.79 Å². The first-order valence-electron chi connectivity index (χ1n) is 8.28. The largest absolute Gasteiger partial charge is 0.497 e. The van der Waals surface area contributed by atoms with Crippen LogP contribution in [0.2, 0.25) is 0 Å². The van der Waals surface area contributed by atoms with E-state index in [2.05, 4.69) is 0 Å². The number of benzene rings is 2. The zero-order valence-electron chi connectivity index (χ0n) is 15.0. The van der Waals surface area contributed by atoms with Crippen molar-refractivity contribution in [1.29, 1.82) is 0 Å². The Morgan fingerprint density at radius 1 is 1.04 bits per heavy atom. The molecule has 0 aliphatic heterocycles. The summed E-state index contributed by atoms with van der Waals surface area (Å²) >= 11 is 0. The molecule has 132 valence electrons. The van der Waals surface area contributed by atoms with Crippen LogP contribution >= 0.6 is 0 Å². The van der Waals surface area contributed by atoms with Gasteiger partial charge in [0.25, 0.3) is 6.47 Å². The molecular formula is C22H20O4. The molecule has 2 aromatic carbocycles. The first-order valence-corrected chi connectivity index (χ1v) is 8.28. The maximum Gasteiger partial charge on any atom is 0.298 e. The first-order chi connectivity index (χ1) is 12.7. The molecule has 3 rings (SSSR count). The lowest BCUT2D eigenvalue weighted by Gasteiger charge is -2.11. The minimum Gasteiger partial charge on any atom is -0.497 e. The number of allylic oxidation sites excluding steroid dienone is 1. The van der Waals surface area contributed by atoms with Gasteiger partial charge in [0.1, 0.15) is 23.0 Å². The Kier molecular flexibility index (Phi) is 5.23. The highest BCUT2D eigenvalue weighted by Gasteiger charge is 2.16. The third kappa shape index (κ3) is 3.54. The molecule has 1 aromatic heterocycles. The summed E-state index contributed by atoms with van der Waals surface area (Å²) in [7, 11) is 1.57. The molecule has 3 aromatic rings. The van der Waals surface area contributed by atoms with Gasteiger partial charge in [-0.05, 0) is 38.1 Å². The van der Waals surface area contributed by atoms with Gasteiger partial charge in [-0.25, -0.2) is 0 Å². The fraction of sp³-hybridized carbons (Fsp3) is 0.136. The molecule has 0 fully saturated rings. The van der Waals surface area contributed by atoms with Gasteiger partial charge >= 0.3 is 0 Å². The maximum absolute atomic E-state index is 10.9. The molecule has 0 saturated carbocycles. The molecule has 0 saturated heterocycles.